The number of para-hydroxylation sites is 1. The van der Waals surface area contributed by atoms with Gasteiger partial charge in [0.1, 0.15) is 5.82 Å². The highest BCUT2D eigenvalue weighted by molar-refractivity contribution is 7.89. The number of aromatic nitrogens is 2. The summed E-state index contributed by atoms with van der Waals surface area (Å²) in [5, 5.41) is 2.94. The molecule has 31 heavy (non-hydrogen) atoms. The quantitative estimate of drug-likeness (QED) is 0.641. The Morgan fingerprint density at radius 2 is 1.84 bits per heavy atom. The van der Waals surface area contributed by atoms with Gasteiger partial charge in [0.15, 0.2) is 0 Å². The summed E-state index contributed by atoms with van der Waals surface area (Å²) in [7, 11) is -3.58. The van der Waals surface area contributed by atoms with E-state index in [-0.39, 0.29) is 10.8 Å². The van der Waals surface area contributed by atoms with Crippen LogP contribution in [0.4, 0.5) is 0 Å². The number of hydrogen-bond donors (Lipinski definition) is 1. The topological polar surface area (TPSA) is 84.3 Å². The summed E-state index contributed by atoms with van der Waals surface area (Å²) >= 11 is 0. The molecule has 4 rings (SSSR count). The van der Waals surface area contributed by atoms with Gasteiger partial charge in [-0.3, -0.25) is 4.79 Å². The lowest BCUT2D eigenvalue weighted by Crippen LogP contribution is -2.29. The van der Waals surface area contributed by atoms with Gasteiger partial charge in [-0.1, -0.05) is 24.3 Å². The van der Waals surface area contributed by atoms with Gasteiger partial charge in [-0.15, -0.1) is 0 Å². The first kappa shape index (κ1) is 21.3. The van der Waals surface area contributed by atoms with Crippen molar-refractivity contribution >= 4 is 15.9 Å². The Morgan fingerprint density at radius 1 is 1.10 bits per heavy atom. The normalized spacial score (nSPS) is 14.6. The molecule has 0 spiro atoms. The Bertz CT molecular complexity index is 1210. The minimum atomic E-state index is -3.58. The summed E-state index contributed by atoms with van der Waals surface area (Å²) in [5.74, 6) is 0.558. The molecule has 2 heterocycles. The average molecular weight is 439 g/mol. The van der Waals surface area contributed by atoms with Gasteiger partial charge in [0.05, 0.1) is 10.6 Å². The van der Waals surface area contributed by atoms with Crippen molar-refractivity contribution in [2.24, 2.45) is 0 Å². The van der Waals surface area contributed by atoms with Crippen LogP contribution < -0.4 is 5.32 Å². The SMILES string of the molecule is Cc1ccc(S(=O)(=O)N2CCCC2)cc1C(=O)NCc1ccccc1-n1ccnc1C. The zero-order chi connectivity index (χ0) is 22.0. The van der Waals surface area contributed by atoms with Crippen LogP contribution in [-0.4, -0.2) is 41.3 Å². The first-order valence-electron chi connectivity index (χ1n) is 10.3. The van der Waals surface area contributed by atoms with Gasteiger partial charge >= 0.3 is 0 Å². The van der Waals surface area contributed by atoms with E-state index in [4.69, 9.17) is 0 Å². The smallest absolute Gasteiger partial charge is 0.251 e. The lowest BCUT2D eigenvalue weighted by Gasteiger charge is -2.17. The Kier molecular flexibility index (Phi) is 5.93. The number of imidazole rings is 1. The van der Waals surface area contributed by atoms with Crippen LogP contribution in [0.5, 0.6) is 0 Å². The summed E-state index contributed by atoms with van der Waals surface area (Å²) in [4.78, 5) is 17.4. The van der Waals surface area contributed by atoms with Crippen molar-refractivity contribution in [1.82, 2.24) is 19.2 Å². The number of carbonyl (C=O) groups excluding carboxylic acids is 1. The van der Waals surface area contributed by atoms with Crippen LogP contribution in [0.2, 0.25) is 0 Å². The Balaban J connectivity index is 1.56. The predicted molar refractivity (Wildman–Crippen MR) is 119 cm³/mol. The van der Waals surface area contributed by atoms with Crippen LogP contribution in [0.3, 0.4) is 0 Å². The fourth-order valence-corrected chi connectivity index (χ4v) is 5.43. The molecule has 2 aromatic carbocycles. The molecule has 1 saturated heterocycles. The highest BCUT2D eigenvalue weighted by Gasteiger charge is 2.28. The lowest BCUT2D eigenvalue weighted by molar-refractivity contribution is 0.0950. The number of carbonyl (C=O) groups is 1. The highest BCUT2D eigenvalue weighted by Crippen LogP contribution is 2.23. The number of rotatable bonds is 6. The first-order valence-corrected chi connectivity index (χ1v) is 11.8. The Labute approximate surface area is 182 Å². The summed E-state index contributed by atoms with van der Waals surface area (Å²) in [6, 6.07) is 12.6. The van der Waals surface area contributed by atoms with Crippen molar-refractivity contribution in [2.75, 3.05) is 13.1 Å². The number of aryl methyl sites for hydroxylation is 2. The van der Waals surface area contributed by atoms with E-state index >= 15 is 0 Å². The molecule has 1 N–H and O–H groups in total. The van der Waals surface area contributed by atoms with Crippen molar-refractivity contribution in [3.05, 3.63) is 77.4 Å². The number of benzene rings is 2. The highest BCUT2D eigenvalue weighted by atomic mass is 32.2. The number of nitrogens with one attached hydrogen (secondary N) is 1. The molecule has 0 aliphatic carbocycles. The largest absolute Gasteiger partial charge is 0.348 e. The van der Waals surface area contributed by atoms with Crippen LogP contribution in [0.15, 0.2) is 59.8 Å². The van der Waals surface area contributed by atoms with E-state index in [0.717, 1.165) is 35.5 Å². The molecule has 0 unspecified atom stereocenters. The fourth-order valence-electron chi connectivity index (χ4n) is 3.88. The van der Waals surface area contributed by atoms with Gasteiger partial charge in [-0.25, -0.2) is 13.4 Å². The molecule has 0 atom stereocenters. The maximum Gasteiger partial charge on any atom is 0.251 e. The van der Waals surface area contributed by atoms with E-state index in [9.17, 15) is 13.2 Å². The van der Waals surface area contributed by atoms with Gasteiger partial charge in [-0.05, 0) is 56.0 Å². The molecule has 0 saturated carbocycles. The second kappa shape index (κ2) is 8.64. The zero-order valence-corrected chi connectivity index (χ0v) is 18.5. The van der Waals surface area contributed by atoms with Crippen molar-refractivity contribution in [3.63, 3.8) is 0 Å². The van der Waals surface area contributed by atoms with Gasteiger partial charge in [0.2, 0.25) is 10.0 Å². The minimum Gasteiger partial charge on any atom is -0.348 e. The minimum absolute atomic E-state index is 0.166. The summed E-state index contributed by atoms with van der Waals surface area (Å²) in [6.45, 7) is 5.11. The van der Waals surface area contributed by atoms with Gasteiger partial charge in [0.25, 0.3) is 5.91 Å². The van der Waals surface area contributed by atoms with Crippen LogP contribution in [-0.2, 0) is 16.6 Å². The standard InChI is InChI=1S/C23H26N4O3S/c1-17-9-10-20(31(29,30)26-12-5-6-13-26)15-21(17)23(28)25-16-19-7-3-4-8-22(19)27-14-11-24-18(27)2/h3-4,7-11,14-15H,5-6,12-13,16H2,1-2H3,(H,25,28). The van der Waals surface area contributed by atoms with Crippen LogP contribution in [0.25, 0.3) is 5.69 Å². The van der Waals surface area contributed by atoms with E-state index < -0.39 is 10.0 Å². The van der Waals surface area contributed by atoms with Crippen LogP contribution in [0, 0.1) is 13.8 Å². The second-order valence-electron chi connectivity index (χ2n) is 7.74. The van der Waals surface area contributed by atoms with Crippen molar-refractivity contribution in [2.45, 2.75) is 38.1 Å². The molecule has 1 aliphatic heterocycles. The van der Waals surface area contributed by atoms with E-state index in [1.807, 2.05) is 48.9 Å². The Morgan fingerprint density at radius 3 is 2.55 bits per heavy atom. The van der Waals surface area contributed by atoms with E-state index in [0.29, 0.717) is 25.2 Å². The first-order chi connectivity index (χ1) is 14.9. The van der Waals surface area contributed by atoms with Gasteiger partial charge in [-0.2, -0.15) is 4.31 Å². The molecule has 1 amide bonds. The predicted octanol–water partition coefficient (Wildman–Crippen LogP) is 3.20. The number of sulfonamides is 1. The molecule has 1 aromatic heterocycles. The maximum atomic E-state index is 13.0. The molecule has 162 valence electrons. The Hall–Kier alpha value is -2.97. The second-order valence-corrected chi connectivity index (χ2v) is 9.68. The zero-order valence-electron chi connectivity index (χ0n) is 17.7. The molecule has 1 aliphatic rings. The van der Waals surface area contributed by atoms with Crippen LogP contribution in [0.1, 0.15) is 40.2 Å². The van der Waals surface area contributed by atoms with E-state index in [1.54, 1.807) is 18.3 Å². The third-order valence-corrected chi connectivity index (χ3v) is 7.57. The average Bonchev–Trinajstić information content (AvgIpc) is 3.45. The van der Waals surface area contributed by atoms with Crippen molar-refractivity contribution in [1.29, 1.82) is 0 Å². The number of nitrogens with zero attached hydrogens (tertiary/aromatic N) is 3. The number of hydrogen-bond acceptors (Lipinski definition) is 4. The molecule has 8 heteroatoms. The van der Waals surface area contributed by atoms with Crippen molar-refractivity contribution in [3.8, 4) is 5.69 Å². The summed E-state index contributed by atoms with van der Waals surface area (Å²) < 4.78 is 29.2. The maximum absolute atomic E-state index is 13.0. The van der Waals surface area contributed by atoms with Gasteiger partial charge in [0, 0.05) is 37.6 Å². The van der Waals surface area contributed by atoms with E-state index in [2.05, 4.69) is 10.3 Å². The summed E-state index contributed by atoms with van der Waals surface area (Å²) in [6.07, 6.45) is 5.36. The molecule has 7 nitrogen and oxygen atoms in total. The molecule has 1 fully saturated rings. The van der Waals surface area contributed by atoms with Crippen molar-refractivity contribution < 1.29 is 13.2 Å². The third-order valence-electron chi connectivity index (χ3n) is 5.67. The third kappa shape index (κ3) is 4.26. The number of amides is 1. The molecular weight excluding hydrogens is 412 g/mol. The monoisotopic (exact) mass is 438 g/mol. The molecule has 0 bridgehead atoms. The molecular formula is C23H26N4O3S. The lowest BCUT2D eigenvalue weighted by atomic mass is 10.1. The fraction of sp³-hybridized carbons (Fsp3) is 0.304. The summed E-state index contributed by atoms with van der Waals surface area (Å²) in [5.41, 5.74) is 2.99. The van der Waals surface area contributed by atoms with Crippen LogP contribution >= 0.6 is 0 Å². The molecule has 0 radical (unpaired) electrons. The van der Waals surface area contributed by atoms with Gasteiger partial charge < -0.3 is 9.88 Å². The molecule has 3 aromatic rings. The van der Waals surface area contributed by atoms with E-state index in [1.165, 1.54) is 10.4 Å².